The number of esters is 1. The summed E-state index contributed by atoms with van der Waals surface area (Å²) in [5.74, 6) is -1.89. The minimum atomic E-state index is -1.16. The molecule has 4 rings (SSSR count). The number of rotatable bonds is 6. The van der Waals surface area contributed by atoms with Crippen molar-refractivity contribution in [1.29, 1.82) is 0 Å². The van der Waals surface area contributed by atoms with E-state index in [1.54, 1.807) is 24.3 Å². The van der Waals surface area contributed by atoms with Crippen LogP contribution in [0.4, 0.5) is 0 Å². The Morgan fingerprint density at radius 3 is 1.63 bits per heavy atom. The summed E-state index contributed by atoms with van der Waals surface area (Å²) in [6.45, 7) is 1.44. The van der Waals surface area contributed by atoms with E-state index in [0.29, 0.717) is 5.06 Å². The summed E-state index contributed by atoms with van der Waals surface area (Å²) in [4.78, 5) is 43.1. The van der Waals surface area contributed by atoms with Gasteiger partial charge in [-0.25, -0.2) is 9.63 Å². The zero-order valence-electron chi connectivity index (χ0n) is 16.2. The molecule has 6 nitrogen and oxygen atoms in total. The molecule has 0 aliphatic carbocycles. The molecule has 1 aliphatic rings. The first-order valence-electron chi connectivity index (χ1n) is 9.51. The summed E-state index contributed by atoms with van der Waals surface area (Å²) in [6.07, 6.45) is -1.81. The highest BCUT2D eigenvalue weighted by atomic mass is 16.7. The van der Waals surface area contributed by atoms with Crippen LogP contribution in [0.3, 0.4) is 0 Å². The summed E-state index contributed by atoms with van der Waals surface area (Å²) in [5, 5.41) is 0.622. The van der Waals surface area contributed by atoms with E-state index in [9.17, 15) is 14.4 Å². The Labute approximate surface area is 173 Å². The van der Waals surface area contributed by atoms with Crippen LogP contribution in [0.15, 0.2) is 84.9 Å². The molecule has 0 aromatic heterocycles. The second kappa shape index (κ2) is 8.31. The molecule has 1 unspecified atom stereocenters. The third-order valence-corrected chi connectivity index (χ3v) is 4.79. The van der Waals surface area contributed by atoms with Gasteiger partial charge in [-0.2, -0.15) is 0 Å². The zero-order chi connectivity index (χ0) is 21.1. The summed E-state index contributed by atoms with van der Waals surface area (Å²) >= 11 is 0. The fraction of sp³-hybridized carbons (Fsp3) is 0.125. The SMILES string of the molecule is CC(ON1C(=O)c2ccccc2C1=O)C(=O)OC(c1ccccc1)c1ccccc1. The molecule has 0 radical (unpaired) electrons. The lowest BCUT2D eigenvalue weighted by Crippen LogP contribution is -2.37. The molecule has 0 bridgehead atoms. The highest BCUT2D eigenvalue weighted by Gasteiger charge is 2.39. The van der Waals surface area contributed by atoms with E-state index in [1.807, 2.05) is 60.7 Å². The van der Waals surface area contributed by atoms with Crippen molar-refractivity contribution in [1.82, 2.24) is 5.06 Å². The molecule has 1 heterocycles. The molecular weight excluding hydrogens is 382 g/mol. The van der Waals surface area contributed by atoms with Crippen molar-refractivity contribution < 1.29 is 24.0 Å². The van der Waals surface area contributed by atoms with Crippen molar-refractivity contribution in [2.75, 3.05) is 0 Å². The monoisotopic (exact) mass is 401 g/mol. The quantitative estimate of drug-likeness (QED) is 0.462. The van der Waals surface area contributed by atoms with Gasteiger partial charge in [-0.15, -0.1) is 5.06 Å². The van der Waals surface area contributed by atoms with Gasteiger partial charge in [0.25, 0.3) is 11.8 Å². The first-order valence-corrected chi connectivity index (χ1v) is 9.51. The van der Waals surface area contributed by atoms with Crippen molar-refractivity contribution in [3.8, 4) is 0 Å². The van der Waals surface area contributed by atoms with Crippen molar-refractivity contribution in [3.63, 3.8) is 0 Å². The highest BCUT2D eigenvalue weighted by molar-refractivity contribution is 6.20. The Morgan fingerprint density at radius 1 is 0.733 bits per heavy atom. The minimum Gasteiger partial charge on any atom is -0.451 e. The molecule has 0 saturated carbocycles. The fourth-order valence-corrected chi connectivity index (χ4v) is 3.26. The minimum absolute atomic E-state index is 0.245. The Kier molecular flexibility index (Phi) is 5.41. The lowest BCUT2D eigenvalue weighted by molar-refractivity contribution is -0.180. The molecule has 0 spiro atoms. The van der Waals surface area contributed by atoms with E-state index in [2.05, 4.69) is 0 Å². The summed E-state index contributed by atoms with van der Waals surface area (Å²) in [5.41, 5.74) is 2.08. The standard InChI is InChI=1S/C24H19NO5/c1-16(30-25-22(26)19-14-8-9-15-20(19)23(25)27)24(28)29-21(17-10-4-2-5-11-17)18-12-6-3-7-13-18/h2-16,21H,1H3. The van der Waals surface area contributed by atoms with Gasteiger partial charge in [0.15, 0.2) is 12.2 Å². The number of nitrogens with zero attached hydrogens (tertiary/aromatic N) is 1. The number of fused-ring (bicyclic) bond motifs is 1. The smallest absolute Gasteiger partial charge is 0.338 e. The lowest BCUT2D eigenvalue weighted by atomic mass is 10.0. The van der Waals surface area contributed by atoms with Gasteiger partial charge in [-0.05, 0) is 30.2 Å². The van der Waals surface area contributed by atoms with E-state index in [1.165, 1.54) is 6.92 Å². The second-order valence-electron chi connectivity index (χ2n) is 6.84. The molecular formula is C24H19NO5. The molecule has 1 atom stereocenters. The van der Waals surface area contributed by atoms with Crippen LogP contribution < -0.4 is 0 Å². The third kappa shape index (κ3) is 3.73. The topological polar surface area (TPSA) is 72.9 Å². The molecule has 3 aromatic rings. The summed E-state index contributed by atoms with van der Waals surface area (Å²) in [6, 6.07) is 25.0. The molecule has 2 amide bonds. The van der Waals surface area contributed by atoms with Gasteiger partial charge in [0, 0.05) is 0 Å². The van der Waals surface area contributed by atoms with Crippen molar-refractivity contribution in [2.45, 2.75) is 19.1 Å². The van der Waals surface area contributed by atoms with E-state index in [0.717, 1.165) is 11.1 Å². The molecule has 3 aromatic carbocycles. The number of benzene rings is 3. The maximum atomic E-state index is 12.8. The van der Waals surface area contributed by atoms with E-state index in [-0.39, 0.29) is 11.1 Å². The van der Waals surface area contributed by atoms with Crippen molar-refractivity contribution in [3.05, 3.63) is 107 Å². The summed E-state index contributed by atoms with van der Waals surface area (Å²) < 4.78 is 5.73. The second-order valence-corrected chi connectivity index (χ2v) is 6.84. The summed E-state index contributed by atoms with van der Waals surface area (Å²) in [7, 11) is 0. The normalized spacial score (nSPS) is 14.0. The first-order chi connectivity index (χ1) is 14.6. The zero-order valence-corrected chi connectivity index (χ0v) is 16.2. The maximum Gasteiger partial charge on any atom is 0.338 e. The number of amides is 2. The number of carbonyl (C=O) groups is 3. The van der Waals surface area contributed by atoms with Crippen LogP contribution in [0.25, 0.3) is 0 Å². The first kappa shape index (κ1) is 19.5. The van der Waals surface area contributed by atoms with Gasteiger partial charge in [0.2, 0.25) is 0 Å². The Morgan fingerprint density at radius 2 is 1.17 bits per heavy atom. The molecule has 0 N–H and O–H groups in total. The number of ether oxygens (including phenoxy) is 1. The lowest BCUT2D eigenvalue weighted by Gasteiger charge is -2.23. The van der Waals surface area contributed by atoms with Crippen LogP contribution in [0.5, 0.6) is 0 Å². The molecule has 1 aliphatic heterocycles. The number of hydrogen-bond acceptors (Lipinski definition) is 5. The van der Waals surface area contributed by atoms with E-state index in [4.69, 9.17) is 9.57 Å². The van der Waals surface area contributed by atoms with Gasteiger partial charge in [-0.3, -0.25) is 9.59 Å². The number of carbonyl (C=O) groups excluding carboxylic acids is 3. The van der Waals surface area contributed by atoms with Crippen LogP contribution in [0, 0.1) is 0 Å². The third-order valence-electron chi connectivity index (χ3n) is 4.79. The van der Waals surface area contributed by atoms with Crippen molar-refractivity contribution >= 4 is 17.8 Å². The molecule has 0 saturated heterocycles. The van der Waals surface area contributed by atoms with Gasteiger partial charge in [-0.1, -0.05) is 72.8 Å². The Bertz CT molecular complexity index is 1010. The fourth-order valence-electron chi connectivity index (χ4n) is 3.26. The average molecular weight is 401 g/mol. The molecule has 6 heteroatoms. The highest BCUT2D eigenvalue weighted by Crippen LogP contribution is 2.28. The van der Waals surface area contributed by atoms with Crippen LogP contribution >= 0.6 is 0 Å². The van der Waals surface area contributed by atoms with Gasteiger partial charge < -0.3 is 4.74 Å². The van der Waals surface area contributed by atoms with Crippen LogP contribution in [0.2, 0.25) is 0 Å². The average Bonchev–Trinajstić information content (AvgIpc) is 3.03. The number of imide groups is 1. The van der Waals surface area contributed by atoms with Gasteiger partial charge in [0.05, 0.1) is 11.1 Å². The predicted octanol–water partition coefficient (Wildman–Crippen LogP) is 3.94. The van der Waals surface area contributed by atoms with E-state index >= 15 is 0 Å². The molecule has 0 fully saturated rings. The largest absolute Gasteiger partial charge is 0.451 e. The Balaban J connectivity index is 1.51. The van der Waals surface area contributed by atoms with Crippen LogP contribution in [0.1, 0.15) is 44.9 Å². The van der Waals surface area contributed by atoms with E-state index < -0.39 is 30.0 Å². The van der Waals surface area contributed by atoms with Crippen LogP contribution in [-0.4, -0.2) is 29.0 Å². The van der Waals surface area contributed by atoms with Crippen molar-refractivity contribution in [2.24, 2.45) is 0 Å². The molecule has 30 heavy (non-hydrogen) atoms. The predicted molar refractivity (Wildman–Crippen MR) is 108 cm³/mol. The maximum absolute atomic E-state index is 12.8. The Hall–Kier alpha value is -3.77. The number of hydrogen-bond donors (Lipinski definition) is 0. The van der Waals surface area contributed by atoms with Gasteiger partial charge >= 0.3 is 5.97 Å². The number of hydroxylamine groups is 2. The van der Waals surface area contributed by atoms with Crippen LogP contribution in [-0.2, 0) is 14.4 Å². The van der Waals surface area contributed by atoms with Gasteiger partial charge in [0.1, 0.15) is 0 Å². The molecule has 150 valence electrons.